The summed E-state index contributed by atoms with van der Waals surface area (Å²) in [4.78, 5) is 12.6. The van der Waals surface area contributed by atoms with Gasteiger partial charge >= 0.3 is 0 Å². The van der Waals surface area contributed by atoms with E-state index >= 15 is 0 Å². The number of halogens is 1. The van der Waals surface area contributed by atoms with E-state index in [1.807, 2.05) is 50.2 Å². The minimum Gasteiger partial charge on any atom is -0.318 e. The van der Waals surface area contributed by atoms with Crippen molar-refractivity contribution in [2.24, 2.45) is 5.10 Å². The number of amides is 1. The van der Waals surface area contributed by atoms with Crippen LogP contribution in [0.3, 0.4) is 0 Å². The molecule has 0 aliphatic rings. The zero-order chi connectivity index (χ0) is 26.6. The predicted octanol–water partition coefficient (Wildman–Crippen LogP) is 5.48. The van der Waals surface area contributed by atoms with Crippen LogP contribution < -0.4 is 9.73 Å². The van der Waals surface area contributed by atoms with Crippen molar-refractivity contribution in [1.29, 1.82) is 0 Å². The van der Waals surface area contributed by atoms with Gasteiger partial charge in [-0.2, -0.15) is 5.10 Å². The summed E-state index contributed by atoms with van der Waals surface area (Å²) in [6.45, 7) is 4.15. The first-order valence-electron chi connectivity index (χ1n) is 11.5. The third-order valence-electron chi connectivity index (χ3n) is 5.91. The maximum atomic E-state index is 12.6. The number of hydrogen-bond donors (Lipinski definition) is 1. The normalized spacial score (nSPS) is 11.6. The molecular formula is C28H27ClN4O3S. The third-order valence-corrected chi connectivity index (χ3v) is 7.30. The van der Waals surface area contributed by atoms with Gasteiger partial charge in [-0.3, -0.25) is 9.10 Å². The van der Waals surface area contributed by atoms with Gasteiger partial charge < -0.3 is 4.57 Å². The van der Waals surface area contributed by atoms with Gasteiger partial charge in [-0.15, -0.1) is 0 Å². The van der Waals surface area contributed by atoms with Gasteiger partial charge in [0.2, 0.25) is 10.0 Å². The van der Waals surface area contributed by atoms with Crippen LogP contribution in [0.1, 0.15) is 32.9 Å². The van der Waals surface area contributed by atoms with Crippen molar-refractivity contribution in [2.75, 3.05) is 10.6 Å². The molecule has 1 amide bonds. The van der Waals surface area contributed by atoms with Crippen LogP contribution in [0, 0.1) is 13.8 Å². The van der Waals surface area contributed by atoms with Crippen molar-refractivity contribution in [3.8, 4) is 5.69 Å². The standard InChI is InChI=1S/C28H27ClN4O3S/c1-20-17-24(21(2)33(20)27-15-13-25(29)14-16-27)18-30-31-28(34)23-11-9-22(10-12-23)19-32(37(3,35)36)26-7-5-4-6-8-26/h4-18H,19H2,1-3H3,(H,31,34). The summed E-state index contributed by atoms with van der Waals surface area (Å²) in [5.74, 6) is -0.364. The highest BCUT2D eigenvalue weighted by Crippen LogP contribution is 2.22. The highest BCUT2D eigenvalue weighted by molar-refractivity contribution is 7.92. The molecule has 0 saturated carbocycles. The molecule has 37 heavy (non-hydrogen) atoms. The maximum Gasteiger partial charge on any atom is 0.271 e. The Bertz CT molecular complexity index is 1530. The highest BCUT2D eigenvalue weighted by Gasteiger charge is 2.18. The van der Waals surface area contributed by atoms with Crippen molar-refractivity contribution in [2.45, 2.75) is 20.4 Å². The van der Waals surface area contributed by atoms with E-state index in [0.29, 0.717) is 16.3 Å². The summed E-state index contributed by atoms with van der Waals surface area (Å²) in [6.07, 6.45) is 2.79. The van der Waals surface area contributed by atoms with Crippen LogP contribution in [-0.2, 0) is 16.6 Å². The molecule has 1 N–H and O–H groups in total. The van der Waals surface area contributed by atoms with E-state index < -0.39 is 10.0 Å². The highest BCUT2D eigenvalue weighted by atomic mass is 35.5. The van der Waals surface area contributed by atoms with Crippen LogP contribution in [0.5, 0.6) is 0 Å². The van der Waals surface area contributed by atoms with Gasteiger partial charge in [-0.05, 0) is 74.0 Å². The van der Waals surface area contributed by atoms with E-state index in [2.05, 4.69) is 15.1 Å². The predicted molar refractivity (Wildman–Crippen MR) is 149 cm³/mol. The Morgan fingerprint density at radius 3 is 2.27 bits per heavy atom. The van der Waals surface area contributed by atoms with Crippen molar-refractivity contribution < 1.29 is 13.2 Å². The lowest BCUT2D eigenvalue weighted by Gasteiger charge is -2.22. The summed E-state index contributed by atoms with van der Waals surface area (Å²) in [5, 5.41) is 4.81. The number of benzene rings is 3. The maximum absolute atomic E-state index is 12.6. The van der Waals surface area contributed by atoms with Gasteiger partial charge in [0.1, 0.15) is 0 Å². The number of rotatable bonds is 8. The Balaban J connectivity index is 1.43. The number of sulfonamides is 1. The molecule has 0 spiro atoms. The molecular weight excluding hydrogens is 508 g/mol. The van der Waals surface area contributed by atoms with Crippen molar-refractivity contribution >= 4 is 39.4 Å². The SMILES string of the molecule is Cc1cc(C=NNC(=O)c2ccc(CN(c3ccccc3)S(C)(=O)=O)cc2)c(C)n1-c1ccc(Cl)cc1. The average molecular weight is 535 g/mol. The second-order valence-electron chi connectivity index (χ2n) is 8.64. The van der Waals surface area contributed by atoms with Gasteiger partial charge in [-0.1, -0.05) is 41.9 Å². The fraction of sp³-hybridized carbons (Fsp3) is 0.143. The van der Waals surface area contributed by atoms with Crippen molar-refractivity contribution in [1.82, 2.24) is 9.99 Å². The van der Waals surface area contributed by atoms with Crippen LogP contribution in [0.15, 0.2) is 90.0 Å². The van der Waals surface area contributed by atoms with E-state index in [0.717, 1.165) is 28.2 Å². The van der Waals surface area contributed by atoms with Gasteiger partial charge in [0.25, 0.3) is 5.91 Å². The van der Waals surface area contributed by atoms with Crippen LogP contribution >= 0.6 is 11.6 Å². The number of carbonyl (C=O) groups excluding carboxylic acids is 1. The lowest BCUT2D eigenvalue weighted by Crippen LogP contribution is -2.29. The Morgan fingerprint density at radius 2 is 1.65 bits per heavy atom. The minimum atomic E-state index is -3.48. The molecule has 1 aromatic heterocycles. The number of hydrogen-bond acceptors (Lipinski definition) is 4. The second kappa shape index (κ2) is 11.0. The largest absolute Gasteiger partial charge is 0.318 e. The first-order chi connectivity index (χ1) is 17.6. The van der Waals surface area contributed by atoms with Gasteiger partial charge in [0.05, 0.1) is 24.7 Å². The monoisotopic (exact) mass is 534 g/mol. The molecule has 0 radical (unpaired) electrons. The van der Waals surface area contributed by atoms with Crippen LogP contribution in [0.25, 0.3) is 5.69 Å². The van der Waals surface area contributed by atoms with E-state index in [1.165, 1.54) is 10.6 Å². The Hall–Kier alpha value is -3.88. The summed E-state index contributed by atoms with van der Waals surface area (Å²) in [6, 6.07) is 25.2. The molecule has 3 aromatic carbocycles. The van der Waals surface area contributed by atoms with Crippen molar-refractivity contribution in [3.05, 3.63) is 118 Å². The molecule has 190 valence electrons. The smallest absolute Gasteiger partial charge is 0.271 e. The molecule has 0 aliphatic heterocycles. The molecule has 0 saturated heterocycles. The first-order valence-corrected chi connectivity index (χ1v) is 13.8. The summed E-state index contributed by atoms with van der Waals surface area (Å²) < 4.78 is 28.1. The zero-order valence-electron chi connectivity index (χ0n) is 20.7. The van der Waals surface area contributed by atoms with Crippen LogP contribution in [-0.4, -0.2) is 31.4 Å². The quantitative estimate of drug-likeness (QED) is 0.240. The fourth-order valence-corrected chi connectivity index (χ4v) is 5.07. The Labute approximate surface area is 222 Å². The first kappa shape index (κ1) is 26.2. The van der Waals surface area contributed by atoms with E-state index in [-0.39, 0.29) is 12.5 Å². The van der Waals surface area contributed by atoms with Gasteiger partial charge in [-0.25, -0.2) is 13.8 Å². The fourth-order valence-electron chi connectivity index (χ4n) is 4.05. The molecule has 4 aromatic rings. The molecule has 4 rings (SSSR count). The number of anilines is 1. The average Bonchev–Trinajstić information content (AvgIpc) is 3.16. The molecule has 1 heterocycles. The van der Waals surface area contributed by atoms with Gasteiger partial charge in [0.15, 0.2) is 0 Å². The molecule has 0 unspecified atom stereocenters. The number of hydrazone groups is 1. The zero-order valence-corrected chi connectivity index (χ0v) is 22.3. The second-order valence-corrected chi connectivity index (χ2v) is 11.0. The number of carbonyl (C=O) groups is 1. The lowest BCUT2D eigenvalue weighted by atomic mass is 10.1. The molecule has 0 aliphatic carbocycles. The van der Waals surface area contributed by atoms with Crippen molar-refractivity contribution in [3.63, 3.8) is 0 Å². The van der Waals surface area contributed by atoms with Gasteiger partial charge in [0, 0.05) is 33.2 Å². The number of para-hydroxylation sites is 1. The van der Waals surface area contributed by atoms with Crippen LogP contribution in [0.2, 0.25) is 5.02 Å². The number of nitrogens with zero attached hydrogens (tertiary/aromatic N) is 3. The number of nitrogens with one attached hydrogen (secondary N) is 1. The Kier molecular flexibility index (Phi) is 7.80. The molecule has 9 heteroatoms. The van der Waals surface area contributed by atoms with E-state index in [1.54, 1.807) is 54.7 Å². The third kappa shape index (κ3) is 6.28. The molecule has 0 bridgehead atoms. The minimum absolute atomic E-state index is 0.159. The summed E-state index contributed by atoms with van der Waals surface area (Å²) in [5.41, 5.74) is 8.19. The summed E-state index contributed by atoms with van der Waals surface area (Å²) >= 11 is 6.01. The molecule has 0 fully saturated rings. The lowest BCUT2D eigenvalue weighted by molar-refractivity contribution is 0.0955. The Morgan fingerprint density at radius 1 is 1.00 bits per heavy atom. The topological polar surface area (TPSA) is 83.8 Å². The molecule has 0 atom stereocenters. The number of aryl methyl sites for hydroxylation is 1. The molecule has 7 nitrogen and oxygen atoms in total. The van der Waals surface area contributed by atoms with E-state index in [9.17, 15) is 13.2 Å². The van der Waals surface area contributed by atoms with E-state index in [4.69, 9.17) is 11.6 Å². The summed E-state index contributed by atoms with van der Waals surface area (Å²) in [7, 11) is -3.48. The number of aromatic nitrogens is 1. The van der Waals surface area contributed by atoms with Crippen LogP contribution in [0.4, 0.5) is 5.69 Å².